The molecule has 0 saturated carbocycles. The fourth-order valence-electron chi connectivity index (χ4n) is 3.64. The monoisotopic (exact) mass is 624 g/mol. The van der Waals surface area contributed by atoms with Crippen molar-refractivity contribution in [3.63, 3.8) is 0 Å². The van der Waals surface area contributed by atoms with Gasteiger partial charge in [-0.2, -0.15) is 26.7 Å². The van der Waals surface area contributed by atoms with Crippen molar-refractivity contribution in [2.75, 3.05) is 18.1 Å². The maximum atomic E-state index is 14.8. The molecule has 1 aromatic carbocycles. The van der Waals surface area contributed by atoms with Crippen LogP contribution in [0.3, 0.4) is 0 Å². The zero-order valence-corrected chi connectivity index (χ0v) is 22.1. The van der Waals surface area contributed by atoms with E-state index in [1.165, 1.54) is 12.1 Å². The van der Waals surface area contributed by atoms with Crippen LogP contribution < -0.4 is 10.3 Å². The molecule has 0 aliphatic carbocycles. The number of carbonyl (C=O) groups is 1. The first-order chi connectivity index (χ1) is 17.3. The van der Waals surface area contributed by atoms with E-state index in [0.717, 1.165) is 11.1 Å². The minimum atomic E-state index is -5.57. The molecular formula is C21H18BrClF4N6O3S. The van der Waals surface area contributed by atoms with Crippen LogP contribution in [0.25, 0.3) is 5.65 Å². The fourth-order valence-corrected chi connectivity index (χ4v) is 4.85. The highest BCUT2D eigenvalue weighted by atomic mass is 79.9. The summed E-state index contributed by atoms with van der Waals surface area (Å²) in [4.78, 5) is 17.4. The van der Waals surface area contributed by atoms with Crippen molar-refractivity contribution in [2.24, 2.45) is 5.10 Å². The van der Waals surface area contributed by atoms with E-state index in [-0.39, 0.29) is 23.1 Å². The molecule has 0 fully saturated rings. The summed E-state index contributed by atoms with van der Waals surface area (Å²) < 4.78 is 78.2. The standard InChI is InChI=1S/C21H18BrClF4N6O3S/c1-2-16-19(32-10-14(23)13(22)8-18(32)30-16)20(34)28-9-12-3-4-17(15(24)7-12)33-6-5-31(11-29-33)37(35,36)21(25,26)27/h3-4,7-8,10-11H,2,5-6,9H2,1H3,(H,28,34). The van der Waals surface area contributed by atoms with E-state index < -0.39 is 33.8 Å². The largest absolute Gasteiger partial charge is 0.516 e. The van der Waals surface area contributed by atoms with Crippen LogP contribution in [-0.4, -0.2) is 53.0 Å². The van der Waals surface area contributed by atoms with E-state index in [9.17, 15) is 30.8 Å². The fraction of sp³-hybridized carbons (Fsp3) is 0.286. The first-order valence-electron chi connectivity index (χ1n) is 10.7. The van der Waals surface area contributed by atoms with E-state index in [1.54, 1.807) is 16.7 Å². The van der Waals surface area contributed by atoms with Gasteiger partial charge in [-0.3, -0.25) is 14.2 Å². The molecule has 16 heteroatoms. The molecule has 0 bridgehead atoms. The highest BCUT2D eigenvalue weighted by Gasteiger charge is 2.50. The number of sulfonamides is 1. The summed E-state index contributed by atoms with van der Waals surface area (Å²) in [5.41, 5.74) is -3.75. The van der Waals surface area contributed by atoms with Crippen LogP contribution in [0, 0.1) is 5.82 Å². The number of amides is 1. The number of hydrogen-bond acceptors (Lipinski definition) is 6. The second kappa shape index (κ2) is 10.1. The number of pyridine rings is 1. The summed E-state index contributed by atoms with van der Waals surface area (Å²) in [6.07, 6.45) is 2.55. The predicted molar refractivity (Wildman–Crippen MR) is 132 cm³/mol. The lowest BCUT2D eigenvalue weighted by molar-refractivity contribution is -0.0471. The van der Waals surface area contributed by atoms with E-state index in [1.807, 2.05) is 6.92 Å². The number of nitrogens with one attached hydrogen (secondary N) is 1. The number of anilines is 1. The lowest BCUT2D eigenvalue weighted by Crippen LogP contribution is -2.46. The molecule has 1 aliphatic rings. The highest BCUT2D eigenvalue weighted by Crippen LogP contribution is 2.29. The van der Waals surface area contributed by atoms with E-state index in [4.69, 9.17) is 11.6 Å². The maximum Gasteiger partial charge on any atom is 0.516 e. The Balaban J connectivity index is 1.48. The molecule has 1 aliphatic heterocycles. The number of aryl methyl sites for hydroxylation is 1. The van der Waals surface area contributed by atoms with Gasteiger partial charge in [0.15, 0.2) is 0 Å². The van der Waals surface area contributed by atoms with Crippen LogP contribution in [0.15, 0.2) is 40.0 Å². The minimum absolute atomic E-state index is 0.0302. The Morgan fingerprint density at radius 1 is 1.24 bits per heavy atom. The topological polar surface area (TPSA) is 99.4 Å². The Bertz CT molecular complexity index is 1510. The van der Waals surface area contributed by atoms with Gasteiger partial charge in [0.25, 0.3) is 5.91 Å². The van der Waals surface area contributed by atoms with Crippen LogP contribution in [-0.2, 0) is 23.0 Å². The van der Waals surface area contributed by atoms with Crippen molar-refractivity contribution in [3.05, 3.63) is 62.7 Å². The van der Waals surface area contributed by atoms with Crippen LogP contribution >= 0.6 is 27.5 Å². The molecule has 4 rings (SSSR count). The van der Waals surface area contributed by atoms with Crippen molar-refractivity contribution in [3.8, 4) is 0 Å². The van der Waals surface area contributed by atoms with Gasteiger partial charge in [-0.05, 0) is 46.1 Å². The number of hydrazone groups is 1. The number of fused-ring (bicyclic) bond motifs is 1. The van der Waals surface area contributed by atoms with Gasteiger partial charge >= 0.3 is 15.5 Å². The van der Waals surface area contributed by atoms with Crippen molar-refractivity contribution in [1.82, 2.24) is 19.0 Å². The van der Waals surface area contributed by atoms with Crippen molar-refractivity contribution in [2.45, 2.75) is 25.4 Å². The zero-order chi connectivity index (χ0) is 27.1. The quantitative estimate of drug-likeness (QED) is 0.412. The summed E-state index contributed by atoms with van der Waals surface area (Å²) in [5, 5.41) is 7.80. The Kier molecular flexibility index (Phi) is 7.41. The predicted octanol–water partition coefficient (Wildman–Crippen LogP) is 4.30. The molecule has 37 heavy (non-hydrogen) atoms. The third-order valence-corrected chi connectivity index (χ3v) is 8.15. The van der Waals surface area contributed by atoms with Gasteiger partial charge in [0.2, 0.25) is 0 Å². The number of rotatable bonds is 6. The molecule has 1 N–H and O–H groups in total. The number of alkyl halides is 3. The molecule has 0 saturated heterocycles. The van der Waals surface area contributed by atoms with Gasteiger partial charge in [0.05, 0.1) is 29.5 Å². The molecule has 0 unspecified atom stereocenters. The Hall–Kier alpha value is -2.91. The first kappa shape index (κ1) is 27.1. The summed E-state index contributed by atoms with van der Waals surface area (Å²) in [6.45, 7) is 0.954. The van der Waals surface area contributed by atoms with Gasteiger partial charge in [0.1, 0.15) is 23.5 Å². The molecule has 0 atom stereocenters. The normalized spacial score (nSPS) is 14.5. The van der Waals surface area contributed by atoms with Crippen LogP contribution in [0.2, 0.25) is 5.02 Å². The number of imidazole rings is 1. The maximum absolute atomic E-state index is 14.8. The summed E-state index contributed by atoms with van der Waals surface area (Å²) in [7, 11) is -5.57. The van der Waals surface area contributed by atoms with Gasteiger partial charge in [-0.15, -0.1) is 0 Å². The molecule has 3 aromatic rings. The number of nitrogens with zero attached hydrogens (tertiary/aromatic N) is 5. The zero-order valence-electron chi connectivity index (χ0n) is 18.9. The number of halogens is 6. The summed E-state index contributed by atoms with van der Waals surface area (Å²) in [5.74, 6) is -1.20. The number of benzene rings is 1. The number of hydrogen-bond donors (Lipinski definition) is 1. The third-order valence-electron chi connectivity index (χ3n) is 5.48. The minimum Gasteiger partial charge on any atom is -0.347 e. The average molecular weight is 626 g/mol. The van der Waals surface area contributed by atoms with Crippen molar-refractivity contribution < 1.29 is 30.8 Å². The van der Waals surface area contributed by atoms with Crippen molar-refractivity contribution in [1.29, 1.82) is 0 Å². The second-order valence-corrected chi connectivity index (χ2v) is 11.0. The molecule has 9 nitrogen and oxygen atoms in total. The number of aromatic nitrogens is 2. The van der Waals surface area contributed by atoms with Gasteiger partial charge in [-0.25, -0.2) is 13.7 Å². The van der Waals surface area contributed by atoms with Crippen LogP contribution in [0.5, 0.6) is 0 Å². The Labute approximate surface area is 221 Å². The van der Waals surface area contributed by atoms with Crippen LogP contribution in [0.4, 0.5) is 23.2 Å². The van der Waals surface area contributed by atoms with Gasteiger partial charge < -0.3 is 5.32 Å². The smallest absolute Gasteiger partial charge is 0.347 e. The molecule has 0 spiro atoms. The Morgan fingerprint density at radius 2 is 1.97 bits per heavy atom. The second-order valence-electron chi connectivity index (χ2n) is 7.84. The van der Waals surface area contributed by atoms with E-state index in [0.29, 0.717) is 44.9 Å². The van der Waals surface area contributed by atoms with E-state index >= 15 is 0 Å². The molecule has 1 amide bonds. The molecule has 198 valence electrons. The van der Waals surface area contributed by atoms with Crippen molar-refractivity contribution >= 4 is 61.1 Å². The van der Waals surface area contributed by atoms with Gasteiger partial charge in [-0.1, -0.05) is 24.6 Å². The lowest BCUT2D eigenvalue weighted by atomic mass is 10.1. The lowest BCUT2D eigenvalue weighted by Gasteiger charge is -2.29. The molecular weight excluding hydrogens is 608 g/mol. The average Bonchev–Trinajstić information content (AvgIpc) is 3.19. The summed E-state index contributed by atoms with van der Waals surface area (Å²) in [6, 6.07) is 5.68. The molecule has 2 aromatic heterocycles. The molecule has 0 radical (unpaired) electrons. The van der Waals surface area contributed by atoms with Gasteiger partial charge in [0, 0.05) is 17.2 Å². The van der Waals surface area contributed by atoms with Crippen LogP contribution in [0.1, 0.15) is 28.7 Å². The highest BCUT2D eigenvalue weighted by molar-refractivity contribution is 9.10. The van der Waals surface area contributed by atoms with E-state index in [2.05, 4.69) is 31.3 Å². The summed E-state index contributed by atoms with van der Waals surface area (Å²) >= 11 is 9.49. The third kappa shape index (κ3) is 5.25. The molecule has 3 heterocycles. The Morgan fingerprint density at radius 3 is 2.57 bits per heavy atom. The first-order valence-corrected chi connectivity index (χ1v) is 13.3. The number of carbonyl (C=O) groups excluding carboxylic acids is 1. The SMILES string of the molecule is CCc1nc2cc(Br)c(Cl)cn2c1C(=O)NCc1ccc(N2CCN(S(=O)(=O)C(F)(F)F)C=N2)c(F)c1.